The largest absolute Gasteiger partial charge is 0.419 e. The van der Waals surface area contributed by atoms with Gasteiger partial charge in [0.15, 0.2) is 0 Å². The van der Waals surface area contributed by atoms with Crippen LogP contribution in [-0.4, -0.2) is 0 Å². The quantitative estimate of drug-likeness (QED) is 0.690. The number of nitrogens with two attached hydrogens (primary N) is 1. The zero-order valence-corrected chi connectivity index (χ0v) is 6.82. The molecule has 64 valence electrons. The lowest BCUT2D eigenvalue weighted by atomic mass is 10.3. The molecule has 0 radical (unpaired) electrons. The number of anilines is 1. The van der Waals surface area contributed by atoms with E-state index in [1.165, 1.54) is 5.38 Å². The molecule has 0 saturated carbocycles. The Bertz CT molecular complexity index is 232. The smallest absolute Gasteiger partial charge is 0.398 e. The molecule has 0 saturated heterocycles. The lowest BCUT2D eigenvalue weighted by Crippen LogP contribution is -2.05. The highest BCUT2D eigenvalue weighted by Crippen LogP contribution is 2.35. The summed E-state index contributed by atoms with van der Waals surface area (Å²) >= 11 is 0.948. The minimum atomic E-state index is -4.30. The second-order valence-electron chi connectivity index (χ2n) is 1.74. The van der Waals surface area contributed by atoms with Gasteiger partial charge in [-0.15, -0.1) is 23.7 Å². The molecule has 0 aliphatic carbocycles. The summed E-state index contributed by atoms with van der Waals surface area (Å²) in [6.07, 6.45) is -4.30. The molecule has 0 fully saturated rings. The maximum atomic E-state index is 11.8. The highest BCUT2D eigenvalue weighted by atomic mass is 35.5. The van der Waals surface area contributed by atoms with E-state index in [1.54, 1.807) is 0 Å². The third-order valence-electron chi connectivity index (χ3n) is 0.997. The molecule has 0 amide bonds. The summed E-state index contributed by atoms with van der Waals surface area (Å²) in [6.45, 7) is 0. The van der Waals surface area contributed by atoms with Crippen LogP contribution < -0.4 is 5.73 Å². The lowest BCUT2D eigenvalue weighted by Gasteiger charge is -2.03. The van der Waals surface area contributed by atoms with E-state index in [9.17, 15) is 13.2 Å². The Kier molecular flexibility index (Phi) is 3.19. The van der Waals surface area contributed by atoms with Crippen LogP contribution in [0.15, 0.2) is 10.8 Å². The van der Waals surface area contributed by atoms with Crippen molar-refractivity contribution in [1.82, 2.24) is 0 Å². The van der Waals surface area contributed by atoms with Gasteiger partial charge in [-0.05, 0) is 0 Å². The van der Waals surface area contributed by atoms with E-state index >= 15 is 0 Å². The molecular weight excluding hydrogens is 199 g/mol. The summed E-state index contributed by atoms with van der Waals surface area (Å²) in [5, 5.41) is 2.26. The van der Waals surface area contributed by atoms with Gasteiger partial charge in [0.2, 0.25) is 0 Å². The van der Waals surface area contributed by atoms with E-state index in [1.807, 2.05) is 0 Å². The highest BCUT2D eigenvalue weighted by molar-refractivity contribution is 7.08. The Labute approximate surface area is 71.4 Å². The number of alkyl halides is 3. The predicted molar refractivity (Wildman–Crippen MR) is 41.0 cm³/mol. The van der Waals surface area contributed by atoms with Crippen LogP contribution in [0.25, 0.3) is 0 Å². The summed E-state index contributed by atoms with van der Waals surface area (Å²) in [7, 11) is 0. The van der Waals surface area contributed by atoms with Crippen molar-refractivity contribution in [3.63, 3.8) is 0 Å². The first-order valence-corrected chi connectivity index (χ1v) is 3.35. The van der Waals surface area contributed by atoms with E-state index in [0.29, 0.717) is 0 Å². The van der Waals surface area contributed by atoms with E-state index in [2.05, 4.69) is 0 Å². The molecule has 0 aliphatic heterocycles. The third kappa shape index (κ3) is 2.27. The van der Waals surface area contributed by atoms with Crippen LogP contribution >= 0.6 is 23.7 Å². The number of hydrogen-bond acceptors (Lipinski definition) is 2. The first-order chi connectivity index (χ1) is 4.52. The molecule has 0 bridgehead atoms. The summed E-state index contributed by atoms with van der Waals surface area (Å²) in [4.78, 5) is 0. The van der Waals surface area contributed by atoms with Gasteiger partial charge in [-0.2, -0.15) is 13.2 Å². The normalized spacial score (nSPS) is 10.8. The first kappa shape index (κ1) is 10.6. The number of nitrogen functional groups attached to an aromatic ring is 1. The number of rotatable bonds is 0. The van der Waals surface area contributed by atoms with E-state index in [4.69, 9.17) is 5.73 Å². The first-order valence-electron chi connectivity index (χ1n) is 2.40. The molecule has 6 heteroatoms. The SMILES string of the molecule is Cl.Nc1cscc1C(F)(F)F. The van der Waals surface area contributed by atoms with Gasteiger partial charge in [-0.1, -0.05) is 0 Å². The van der Waals surface area contributed by atoms with Crippen molar-refractivity contribution in [2.45, 2.75) is 6.18 Å². The Morgan fingerprint density at radius 2 is 1.82 bits per heavy atom. The van der Waals surface area contributed by atoms with E-state index in [-0.39, 0.29) is 18.1 Å². The van der Waals surface area contributed by atoms with Gasteiger partial charge in [-0.25, -0.2) is 0 Å². The summed E-state index contributed by atoms with van der Waals surface area (Å²) in [5.74, 6) is 0. The second-order valence-corrected chi connectivity index (χ2v) is 2.48. The van der Waals surface area contributed by atoms with Gasteiger partial charge in [0.05, 0.1) is 11.3 Å². The minimum absolute atomic E-state index is 0. The van der Waals surface area contributed by atoms with Gasteiger partial charge in [0.25, 0.3) is 0 Å². The van der Waals surface area contributed by atoms with Gasteiger partial charge < -0.3 is 5.73 Å². The van der Waals surface area contributed by atoms with Gasteiger partial charge in [0.1, 0.15) is 0 Å². The molecule has 1 aromatic heterocycles. The molecule has 0 unspecified atom stereocenters. The van der Waals surface area contributed by atoms with Crippen molar-refractivity contribution in [2.75, 3.05) is 5.73 Å². The van der Waals surface area contributed by atoms with Crippen LogP contribution in [0.2, 0.25) is 0 Å². The highest BCUT2D eigenvalue weighted by Gasteiger charge is 2.33. The molecule has 0 aromatic carbocycles. The summed E-state index contributed by atoms with van der Waals surface area (Å²) in [5.41, 5.74) is 4.08. The average Bonchev–Trinajstić information content (AvgIpc) is 2.11. The van der Waals surface area contributed by atoms with Gasteiger partial charge in [0, 0.05) is 10.8 Å². The van der Waals surface area contributed by atoms with E-state index in [0.717, 1.165) is 16.7 Å². The standard InChI is InChI=1S/C5H4F3NS.ClH/c6-5(7,8)3-1-10-2-4(3)9;/h1-2H,9H2;1H. The van der Waals surface area contributed by atoms with Gasteiger partial charge in [-0.3, -0.25) is 0 Å². The Balaban J connectivity index is 0.000001000. The molecular formula is C5H5ClF3NS. The van der Waals surface area contributed by atoms with Crippen LogP contribution in [0.4, 0.5) is 18.9 Å². The summed E-state index contributed by atoms with van der Waals surface area (Å²) in [6, 6.07) is 0. The fraction of sp³-hybridized carbons (Fsp3) is 0.200. The van der Waals surface area contributed by atoms with E-state index < -0.39 is 11.7 Å². The molecule has 1 heterocycles. The predicted octanol–water partition coefficient (Wildman–Crippen LogP) is 2.77. The van der Waals surface area contributed by atoms with Crippen LogP contribution in [0, 0.1) is 0 Å². The molecule has 0 aliphatic rings. The Morgan fingerprint density at radius 3 is 2.00 bits per heavy atom. The maximum absolute atomic E-state index is 11.8. The maximum Gasteiger partial charge on any atom is 0.419 e. The molecule has 0 atom stereocenters. The van der Waals surface area contributed by atoms with Crippen molar-refractivity contribution in [2.24, 2.45) is 0 Å². The molecule has 2 N–H and O–H groups in total. The van der Waals surface area contributed by atoms with Crippen LogP contribution in [-0.2, 0) is 6.18 Å². The van der Waals surface area contributed by atoms with Crippen molar-refractivity contribution in [3.8, 4) is 0 Å². The lowest BCUT2D eigenvalue weighted by molar-refractivity contribution is -0.136. The molecule has 0 spiro atoms. The topological polar surface area (TPSA) is 26.0 Å². The molecule has 1 nitrogen and oxygen atoms in total. The number of hydrogen-bond donors (Lipinski definition) is 1. The second kappa shape index (κ2) is 3.32. The van der Waals surface area contributed by atoms with Crippen LogP contribution in [0.1, 0.15) is 5.56 Å². The zero-order valence-electron chi connectivity index (χ0n) is 5.18. The number of thiophene rings is 1. The van der Waals surface area contributed by atoms with Crippen molar-refractivity contribution < 1.29 is 13.2 Å². The van der Waals surface area contributed by atoms with Crippen LogP contribution in [0.5, 0.6) is 0 Å². The monoisotopic (exact) mass is 203 g/mol. The van der Waals surface area contributed by atoms with Crippen molar-refractivity contribution in [3.05, 3.63) is 16.3 Å². The molecule has 1 aromatic rings. The average molecular weight is 204 g/mol. The number of halogens is 4. The zero-order chi connectivity index (χ0) is 7.78. The molecule has 11 heavy (non-hydrogen) atoms. The van der Waals surface area contributed by atoms with Crippen molar-refractivity contribution in [1.29, 1.82) is 0 Å². The fourth-order valence-corrected chi connectivity index (χ4v) is 1.28. The summed E-state index contributed by atoms with van der Waals surface area (Å²) < 4.78 is 35.4. The third-order valence-corrected chi connectivity index (χ3v) is 1.76. The van der Waals surface area contributed by atoms with Crippen LogP contribution in [0.3, 0.4) is 0 Å². The van der Waals surface area contributed by atoms with Crippen molar-refractivity contribution >= 4 is 29.4 Å². The fourth-order valence-electron chi connectivity index (χ4n) is 0.537. The van der Waals surface area contributed by atoms with Gasteiger partial charge >= 0.3 is 6.18 Å². The molecule has 1 rings (SSSR count). The Hall–Kier alpha value is -0.420. The Morgan fingerprint density at radius 1 is 1.27 bits per heavy atom. The minimum Gasteiger partial charge on any atom is -0.398 e.